The minimum atomic E-state index is 0.756. The lowest BCUT2D eigenvalue weighted by Crippen LogP contribution is -2.19. The third kappa shape index (κ3) is 3.68. The molecule has 0 aliphatic carbocycles. The monoisotopic (exact) mass is 283 g/mol. The predicted molar refractivity (Wildman–Crippen MR) is 81.0 cm³/mol. The second-order valence-corrected chi connectivity index (χ2v) is 6.60. The fraction of sp³-hybridized carbons (Fsp3) is 0.786. The van der Waals surface area contributed by atoms with Crippen LogP contribution in [0.15, 0.2) is 0 Å². The van der Waals surface area contributed by atoms with Gasteiger partial charge in [-0.3, -0.25) is 0 Å². The Labute approximate surface area is 120 Å². The topological polar surface area (TPSA) is 37.4 Å². The summed E-state index contributed by atoms with van der Waals surface area (Å²) in [5, 5.41) is 4.58. The zero-order valence-electron chi connectivity index (χ0n) is 12.4. The largest absolute Gasteiger partial charge is 0.383 e. The Bertz CT molecular complexity index is 397. The van der Waals surface area contributed by atoms with E-state index in [0.717, 1.165) is 50.3 Å². The number of methoxy groups -OCH3 is 1. The first kappa shape index (κ1) is 14.8. The van der Waals surface area contributed by atoms with Crippen LogP contribution in [0, 0.1) is 18.8 Å². The number of nitrogens with zero attached hydrogens (tertiary/aromatic N) is 2. The van der Waals surface area contributed by atoms with E-state index in [9.17, 15) is 0 Å². The number of thiazole rings is 1. The van der Waals surface area contributed by atoms with E-state index < -0.39 is 0 Å². The van der Waals surface area contributed by atoms with Gasteiger partial charge in [0.15, 0.2) is 5.13 Å². The maximum absolute atomic E-state index is 5.04. The second-order valence-electron chi connectivity index (χ2n) is 5.53. The molecule has 2 heterocycles. The first-order valence-electron chi connectivity index (χ1n) is 7.02. The average Bonchev–Trinajstić information content (AvgIpc) is 2.90. The van der Waals surface area contributed by atoms with Crippen LogP contribution < -0.4 is 10.2 Å². The van der Waals surface area contributed by atoms with Crippen LogP contribution in [-0.4, -0.2) is 38.3 Å². The number of rotatable bonds is 6. The van der Waals surface area contributed by atoms with Crippen molar-refractivity contribution in [2.75, 3.05) is 38.3 Å². The minimum Gasteiger partial charge on any atom is -0.383 e. The van der Waals surface area contributed by atoms with Crippen molar-refractivity contribution in [1.29, 1.82) is 0 Å². The number of hydrogen-bond acceptors (Lipinski definition) is 5. The molecule has 1 aromatic rings. The minimum absolute atomic E-state index is 0.756. The molecule has 1 N–H and O–H groups in total. The zero-order valence-corrected chi connectivity index (χ0v) is 13.2. The Morgan fingerprint density at radius 3 is 2.68 bits per heavy atom. The molecule has 0 saturated carbocycles. The summed E-state index contributed by atoms with van der Waals surface area (Å²) in [6.45, 7) is 11.6. The quantitative estimate of drug-likeness (QED) is 0.813. The number of ether oxygens (including phenoxy) is 1. The van der Waals surface area contributed by atoms with Gasteiger partial charge in [0.2, 0.25) is 0 Å². The van der Waals surface area contributed by atoms with Crippen LogP contribution in [0.3, 0.4) is 0 Å². The van der Waals surface area contributed by atoms with Crippen molar-refractivity contribution in [2.24, 2.45) is 11.8 Å². The van der Waals surface area contributed by atoms with Crippen LogP contribution in [-0.2, 0) is 11.3 Å². The molecular formula is C14H25N3OS. The Kier molecular flexibility index (Phi) is 5.19. The van der Waals surface area contributed by atoms with Gasteiger partial charge < -0.3 is 15.0 Å². The number of anilines is 1. The van der Waals surface area contributed by atoms with Crippen LogP contribution >= 0.6 is 11.3 Å². The summed E-state index contributed by atoms with van der Waals surface area (Å²) in [4.78, 5) is 8.52. The van der Waals surface area contributed by atoms with E-state index in [2.05, 4.69) is 31.0 Å². The summed E-state index contributed by atoms with van der Waals surface area (Å²) in [5.41, 5.74) is 1.16. The summed E-state index contributed by atoms with van der Waals surface area (Å²) >= 11 is 1.83. The highest BCUT2D eigenvalue weighted by atomic mass is 32.1. The number of aromatic nitrogens is 1. The fourth-order valence-electron chi connectivity index (χ4n) is 2.37. The Morgan fingerprint density at radius 2 is 2.05 bits per heavy atom. The molecule has 4 nitrogen and oxygen atoms in total. The molecule has 0 amide bonds. The highest BCUT2D eigenvalue weighted by molar-refractivity contribution is 7.15. The number of hydrogen-bond donors (Lipinski definition) is 1. The van der Waals surface area contributed by atoms with E-state index >= 15 is 0 Å². The van der Waals surface area contributed by atoms with E-state index in [1.807, 2.05) is 11.3 Å². The van der Waals surface area contributed by atoms with Gasteiger partial charge in [-0.15, -0.1) is 11.3 Å². The van der Waals surface area contributed by atoms with E-state index in [-0.39, 0.29) is 0 Å². The molecule has 1 saturated heterocycles. The Balaban J connectivity index is 1.93. The molecule has 0 aromatic carbocycles. The molecule has 5 heteroatoms. The molecule has 2 atom stereocenters. The fourth-order valence-corrected chi connectivity index (χ4v) is 3.42. The Hall–Kier alpha value is -0.650. The molecule has 0 radical (unpaired) electrons. The average molecular weight is 283 g/mol. The van der Waals surface area contributed by atoms with Gasteiger partial charge in [0.1, 0.15) is 0 Å². The van der Waals surface area contributed by atoms with Crippen LogP contribution in [0.2, 0.25) is 0 Å². The molecule has 1 fully saturated rings. The van der Waals surface area contributed by atoms with Crippen LogP contribution in [0.4, 0.5) is 5.13 Å². The third-order valence-electron chi connectivity index (χ3n) is 3.91. The molecular weight excluding hydrogens is 258 g/mol. The number of aryl methyl sites for hydroxylation is 1. The van der Waals surface area contributed by atoms with Gasteiger partial charge in [-0.2, -0.15) is 0 Å². The molecule has 1 aliphatic heterocycles. The third-order valence-corrected chi connectivity index (χ3v) is 5.13. The second kappa shape index (κ2) is 6.68. The summed E-state index contributed by atoms with van der Waals surface area (Å²) in [6, 6.07) is 0. The van der Waals surface area contributed by atoms with Gasteiger partial charge in [-0.05, 0) is 18.8 Å². The first-order chi connectivity index (χ1) is 9.11. The summed E-state index contributed by atoms with van der Waals surface area (Å²) < 4.78 is 5.04. The van der Waals surface area contributed by atoms with Crippen LogP contribution in [0.5, 0.6) is 0 Å². The summed E-state index contributed by atoms with van der Waals surface area (Å²) in [5.74, 6) is 1.54. The molecule has 2 unspecified atom stereocenters. The maximum Gasteiger partial charge on any atom is 0.185 e. The van der Waals surface area contributed by atoms with Crippen molar-refractivity contribution in [3.63, 3.8) is 0 Å². The van der Waals surface area contributed by atoms with E-state index in [0.29, 0.717) is 0 Å². The summed E-state index contributed by atoms with van der Waals surface area (Å²) in [6.07, 6.45) is 0. The van der Waals surface area contributed by atoms with Crippen molar-refractivity contribution in [2.45, 2.75) is 27.3 Å². The van der Waals surface area contributed by atoms with E-state index in [1.54, 1.807) is 7.11 Å². The van der Waals surface area contributed by atoms with Crippen molar-refractivity contribution >= 4 is 16.5 Å². The normalized spacial score (nSPS) is 23.3. The number of nitrogens with one attached hydrogen (secondary N) is 1. The maximum atomic E-state index is 5.04. The lowest BCUT2D eigenvalue weighted by atomic mass is 10.0. The van der Waals surface area contributed by atoms with Gasteiger partial charge in [-0.1, -0.05) is 13.8 Å². The van der Waals surface area contributed by atoms with Crippen LogP contribution in [0.25, 0.3) is 0 Å². The predicted octanol–water partition coefficient (Wildman–Crippen LogP) is 2.28. The molecule has 1 aliphatic rings. The molecule has 0 spiro atoms. The molecule has 19 heavy (non-hydrogen) atoms. The van der Waals surface area contributed by atoms with Crippen LogP contribution in [0.1, 0.15) is 24.4 Å². The van der Waals surface area contributed by atoms with Crippen molar-refractivity contribution in [1.82, 2.24) is 10.3 Å². The lowest BCUT2D eigenvalue weighted by molar-refractivity contribution is 0.199. The lowest BCUT2D eigenvalue weighted by Gasteiger charge is -2.13. The van der Waals surface area contributed by atoms with Gasteiger partial charge >= 0.3 is 0 Å². The first-order valence-corrected chi connectivity index (χ1v) is 7.84. The van der Waals surface area contributed by atoms with E-state index in [4.69, 9.17) is 9.72 Å². The van der Waals surface area contributed by atoms with Gasteiger partial charge in [0, 0.05) is 38.2 Å². The smallest absolute Gasteiger partial charge is 0.185 e. The van der Waals surface area contributed by atoms with Crippen molar-refractivity contribution in [3.05, 3.63) is 10.6 Å². The van der Waals surface area contributed by atoms with Gasteiger partial charge in [0.05, 0.1) is 12.3 Å². The highest BCUT2D eigenvalue weighted by Crippen LogP contribution is 2.32. The van der Waals surface area contributed by atoms with Gasteiger partial charge in [0.25, 0.3) is 0 Å². The van der Waals surface area contributed by atoms with Gasteiger partial charge in [-0.25, -0.2) is 4.98 Å². The van der Waals surface area contributed by atoms with Crippen molar-refractivity contribution < 1.29 is 4.74 Å². The zero-order chi connectivity index (χ0) is 13.8. The standard InChI is InChI=1S/C14H25N3OS/c1-10-8-17(9-11(10)2)14-16-12(3)13(19-14)7-15-5-6-18-4/h10-11,15H,5-9H2,1-4H3. The summed E-state index contributed by atoms with van der Waals surface area (Å²) in [7, 11) is 1.73. The highest BCUT2D eigenvalue weighted by Gasteiger charge is 2.28. The molecule has 108 valence electrons. The van der Waals surface area contributed by atoms with E-state index in [1.165, 1.54) is 10.0 Å². The molecule has 0 bridgehead atoms. The molecule has 2 rings (SSSR count). The van der Waals surface area contributed by atoms with Crippen molar-refractivity contribution in [3.8, 4) is 0 Å². The Morgan fingerprint density at radius 1 is 1.37 bits per heavy atom. The molecule has 1 aromatic heterocycles. The SMILES string of the molecule is COCCNCc1sc(N2CC(C)C(C)C2)nc1C.